The van der Waals surface area contributed by atoms with E-state index < -0.39 is 5.60 Å². The van der Waals surface area contributed by atoms with Gasteiger partial charge in [-0.25, -0.2) is 9.18 Å². The fraction of sp³-hybridized carbons (Fsp3) is 0.481. The maximum Gasteiger partial charge on any atom is 0.324 e. The normalized spacial score (nSPS) is 16.9. The number of benzene rings is 2. The molecule has 35 heavy (non-hydrogen) atoms. The number of ether oxygens (including phenoxy) is 3. The number of carbonyl (C=O) groups is 1. The number of nitrogens with zero attached hydrogens (tertiary/aromatic N) is 3. The molecule has 7 nitrogen and oxygen atoms in total. The molecule has 1 saturated heterocycles. The summed E-state index contributed by atoms with van der Waals surface area (Å²) in [4.78, 5) is 16.3. The molecule has 0 aromatic heterocycles. The molecule has 186 valence electrons. The van der Waals surface area contributed by atoms with Crippen LogP contribution >= 0.6 is 0 Å². The van der Waals surface area contributed by atoms with Crippen LogP contribution in [0.3, 0.4) is 0 Å². The van der Waals surface area contributed by atoms with E-state index in [0.717, 1.165) is 29.7 Å². The van der Waals surface area contributed by atoms with Gasteiger partial charge in [-0.3, -0.25) is 4.90 Å². The van der Waals surface area contributed by atoms with Gasteiger partial charge in [0.05, 0.1) is 18.1 Å². The minimum Gasteiger partial charge on any atom is -0.489 e. The second-order valence-corrected chi connectivity index (χ2v) is 9.12. The van der Waals surface area contributed by atoms with Crippen LogP contribution in [0, 0.1) is 17.1 Å². The van der Waals surface area contributed by atoms with Gasteiger partial charge in [0.1, 0.15) is 18.2 Å². The fourth-order valence-corrected chi connectivity index (χ4v) is 4.50. The molecular formula is C27H32FN3O4. The molecule has 4 rings (SSSR count). The second-order valence-electron chi connectivity index (χ2n) is 9.12. The van der Waals surface area contributed by atoms with Crippen LogP contribution in [0.2, 0.25) is 0 Å². The number of carbonyl (C=O) groups excluding carboxylic acids is 1. The lowest BCUT2D eigenvalue weighted by Gasteiger charge is -2.36. The summed E-state index contributed by atoms with van der Waals surface area (Å²) in [6.07, 6.45) is 3.63. The van der Waals surface area contributed by atoms with E-state index in [1.165, 1.54) is 12.1 Å². The molecule has 2 aromatic rings. The Morgan fingerprint density at radius 2 is 1.91 bits per heavy atom. The molecule has 8 heteroatoms. The van der Waals surface area contributed by atoms with E-state index in [0.29, 0.717) is 44.8 Å². The summed E-state index contributed by atoms with van der Waals surface area (Å²) < 4.78 is 31.6. The number of methoxy groups -OCH3 is 1. The van der Waals surface area contributed by atoms with Gasteiger partial charge >= 0.3 is 6.03 Å². The molecule has 0 spiro atoms. The zero-order valence-electron chi connectivity index (χ0n) is 20.3. The second kappa shape index (κ2) is 11.1. The van der Waals surface area contributed by atoms with Crippen molar-refractivity contribution in [3.63, 3.8) is 0 Å². The third-order valence-corrected chi connectivity index (χ3v) is 6.80. The molecule has 2 aliphatic rings. The zero-order valence-corrected chi connectivity index (χ0v) is 20.3. The Morgan fingerprint density at radius 1 is 1.20 bits per heavy atom. The molecule has 0 unspecified atom stereocenters. The van der Waals surface area contributed by atoms with Crippen LogP contribution in [-0.2, 0) is 21.7 Å². The Labute approximate surface area is 206 Å². The van der Waals surface area contributed by atoms with Crippen molar-refractivity contribution < 1.29 is 23.4 Å². The van der Waals surface area contributed by atoms with Crippen LogP contribution < -0.4 is 9.64 Å². The van der Waals surface area contributed by atoms with Crippen molar-refractivity contribution in [2.45, 2.75) is 50.4 Å². The van der Waals surface area contributed by atoms with E-state index in [9.17, 15) is 9.18 Å². The van der Waals surface area contributed by atoms with Gasteiger partial charge in [0.2, 0.25) is 0 Å². The minimum atomic E-state index is -0.571. The average molecular weight is 482 g/mol. The van der Waals surface area contributed by atoms with Gasteiger partial charge in [-0.15, -0.1) is 0 Å². The number of hydrogen-bond acceptors (Lipinski definition) is 5. The highest BCUT2D eigenvalue weighted by Gasteiger charge is 2.35. The molecule has 2 fully saturated rings. The van der Waals surface area contributed by atoms with Crippen LogP contribution in [0.25, 0.3) is 0 Å². The highest BCUT2D eigenvalue weighted by Crippen LogP contribution is 2.37. The van der Waals surface area contributed by atoms with E-state index in [-0.39, 0.29) is 24.5 Å². The van der Waals surface area contributed by atoms with Gasteiger partial charge in [-0.05, 0) is 48.2 Å². The molecule has 1 aliphatic heterocycles. The minimum absolute atomic E-state index is 0.0979. The number of amides is 2. The molecule has 1 saturated carbocycles. The van der Waals surface area contributed by atoms with Crippen molar-refractivity contribution in [3.05, 3.63) is 59.4 Å². The van der Waals surface area contributed by atoms with Crippen LogP contribution in [0.5, 0.6) is 5.75 Å². The van der Waals surface area contributed by atoms with E-state index >= 15 is 0 Å². The predicted octanol–water partition coefficient (Wildman–Crippen LogP) is 4.99. The number of rotatable bonds is 9. The summed E-state index contributed by atoms with van der Waals surface area (Å²) in [5.74, 6) is 0.0735. The standard InChI is InChI=1S/C27H32FN3O4/c1-30(26(32)31(13-3-12-29)24-8-9-24)23-6-4-20(5-7-23)19-35-25-17-21(16-22(28)18-25)27(33-2)10-14-34-15-11-27/h4-7,16-18,24H,3,8-11,13-15,19H2,1-2H3. The van der Waals surface area contributed by atoms with Crippen molar-refractivity contribution >= 4 is 11.7 Å². The summed E-state index contributed by atoms with van der Waals surface area (Å²) in [6.45, 7) is 1.85. The van der Waals surface area contributed by atoms with Gasteiger partial charge in [-0.1, -0.05) is 12.1 Å². The molecule has 2 amide bonds. The molecule has 2 aromatic carbocycles. The lowest BCUT2D eigenvalue weighted by atomic mass is 9.86. The maximum absolute atomic E-state index is 14.4. The number of urea groups is 1. The largest absolute Gasteiger partial charge is 0.489 e. The monoisotopic (exact) mass is 481 g/mol. The number of anilines is 1. The summed E-state index contributed by atoms with van der Waals surface area (Å²) in [7, 11) is 3.39. The first-order chi connectivity index (χ1) is 17.0. The lowest BCUT2D eigenvalue weighted by molar-refractivity contribution is -0.0950. The highest BCUT2D eigenvalue weighted by atomic mass is 19.1. The van der Waals surface area contributed by atoms with Gasteiger partial charge in [-0.2, -0.15) is 5.26 Å². The summed E-state index contributed by atoms with van der Waals surface area (Å²) in [5, 5.41) is 8.89. The lowest BCUT2D eigenvalue weighted by Crippen LogP contribution is -2.43. The van der Waals surface area contributed by atoms with Crippen LogP contribution in [-0.4, -0.2) is 50.9 Å². The topological polar surface area (TPSA) is 75.0 Å². The Morgan fingerprint density at radius 3 is 2.54 bits per heavy atom. The molecule has 0 bridgehead atoms. The van der Waals surface area contributed by atoms with Crippen molar-refractivity contribution in [3.8, 4) is 11.8 Å². The molecule has 0 radical (unpaired) electrons. The van der Waals surface area contributed by atoms with Crippen LogP contribution in [0.15, 0.2) is 42.5 Å². The van der Waals surface area contributed by atoms with Crippen LogP contribution in [0.4, 0.5) is 14.9 Å². The summed E-state index contributed by atoms with van der Waals surface area (Å²) in [5.41, 5.74) is 1.84. The third kappa shape index (κ3) is 5.92. The smallest absolute Gasteiger partial charge is 0.324 e. The molecular weight excluding hydrogens is 449 g/mol. The first-order valence-electron chi connectivity index (χ1n) is 12.0. The van der Waals surface area contributed by atoms with E-state index in [1.54, 1.807) is 24.0 Å². The predicted molar refractivity (Wildman–Crippen MR) is 130 cm³/mol. The quantitative estimate of drug-likeness (QED) is 0.504. The number of hydrogen-bond donors (Lipinski definition) is 0. The van der Waals surface area contributed by atoms with Gasteiger partial charge in [0, 0.05) is 64.6 Å². The Kier molecular flexibility index (Phi) is 7.89. The van der Waals surface area contributed by atoms with E-state index in [4.69, 9.17) is 19.5 Å². The third-order valence-electron chi connectivity index (χ3n) is 6.80. The van der Waals surface area contributed by atoms with Crippen molar-refractivity contribution in [1.82, 2.24) is 4.90 Å². The van der Waals surface area contributed by atoms with Crippen molar-refractivity contribution in [2.75, 3.05) is 38.8 Å². The maximum atomic E-state index is 14.4. The summed E-state index contributed by atoms with van der Waals surface area (Å²) in [6, 6.07) is 14.5. The summed E-state index contributed by atoms with van der Waals surface area (Å²) >= 11 is 0. The van der Waals surface area contributed by atoms with Gasteiger partial charge < -0.3 is 19.1 Å². The number of halogens is 1. The number of nitriles is 1. The first-order valence-corrected chi connectivity index (χ1v) is 12.0. The highest BCUT2D eigenvalue weighted by molar-refractivity contribution is 5.91. The Hall–Kier alpha value is -3.15. The van der Waals surface area contributed by atoms with Crippen LogP contribution in [0.1, 0.15) is 43.2 Å². The molecule has 1 aliphatic carbocycles. The fourth-order valence-electron chi connectivity index (χ4n) is 4.50. The molecule has 0 atom stereocenters. The van der Waals surface area contributed by atoms with E-state index in [2.05, 4.69) is 6.07 Å². The van der Waals surface area contributed by atoms with E-state index in [1.807, 2.05) is 30.3 Å². The zero-order chi connectivity index (χ0) is 24.8. The van der Waals surface area contributed by atoms with Crippen molar-refractivity contribution in [2.24, 2.45) is 0 Å². The molecule has 0 N–H and O–H groups in total. The SMILES string of the molecule is COC1(c2cc(F)cc(OCc3ccc(N(C)C(=O)N(CCC#N)C4CC4)cc3)c2)CCOCC1. The van der Waals surface area contributed by atoms with Gasteiger partial charge in [0.25, 0.3) is 0 Å². The average Bonchev–Trinajstić information content (AvgIpc) is 3.73. The molecule has 1 heterocycles. The Balaban J connectivity index is 1.40. The van der Waals surface area contributed by atoms with Gasteiger partial charge in [0.15, 0.2) is 0 Å². The first kappa shape index (κ1) is 25.0. The van der Waals surface area contributed by atoms with Crippen molar-refractivity contribution in [1.29, 1.82) is 5.26 Å². The Bertz CT molecular complexity index is 1060.